The molecule has 1 atom stereocenters. The number of hydrogen-bond donors (Lipinski definition) is 1. The van der Waals surface area contributed by atoms with Crippen LogP contribution in [-0.2, 0) is 10.0 Å². The summed E-state index contributed by atoms with van der Waals surface area (Å²) in [5.74, 6) is 0. The van der Waals surface area contributed by atoms with Gasteiger partial charge < -0.3 is 0 Å². The molecule has 2 rings (SSSR count). The lowest BCUT2D eigenvalue weighted by Gasteiger charge is -2.12. The summed E-state index contributed by atoms with van der Waals surface area (Å²) in [5, 5.41) is 0. The van der Waals surface area contributed by atoms with Gasteiger partial charge in [0, 0.05) is 11.1 Å². The van der Waals surface area contributed by atoms with Gasteiger partial charge in [-0.1, -0.05) is 6.07 Å². The minimum absolute atomic E-state index is 0.336. The van der Waals surface area contributed by atoms with Crippen LogP contribution in [0.15, 0.2) is 40.7 Å². The van der Waals surface area contributed by atoms with Gasteiger partial charge in [-0.3, -0.25) is 4.98 Å². The van der Waals surface area contributed by atoms with Crippen molar-refractivity contribution in [1.29, 1.82) is 0 Å². The molecule has 0 saturated heterocycles. The number of nitrogens with one attached hydrogen (secondary N) is 1. The van der Waals surface area contributed by atoms with Crippen molar-refractivity contribution in [1.82, 2.24) is 9.71 Å². The second-order valence-electron chi connectivity index (χ2n) is 3.96. The van der Waals surface area contributed by atoms with Crippen molar-refractivity contribution in [3.05, 3.63) is 47.1 Å². The van der Waals surface area contributed by atoms with E-state index in [9.17, 15) is 8.42 Å². The maximum Gasteiger partial charge on any atom is 0.250 e. The van der Waals surface area contributed by atoms with E-state index in [-0.39, 0.29) is 6.04 Å². The lowest BCUT2D eigenvalue weighted by Crippen LogP contribution is -2.26. The molecular formula is C12H14N2O2S2. The van der Waals surface area contributed by atoms with E-state index < -0.39 is 10.0 Å². The highest BCUT2D eigenvalue weighted by molar-refractivity contribution is 7.91. The zero-order chi connectivity index (χ0) is 13.2. The molecule has 18 heavy (non-hydrogen) atoms. The summed E-state index contributed by atoms with van der Waals surface area (Å²) < 4.78 is 27.2. The Bertz CT molecular complexity index is 621. The predicted molar refractivity (Wildman–Crippen MR) is 72.0 cm³/mol. The third kappa shape index (κ3) is 2.95. The van der Waals surface area contributed by atoms with Crippen molar-refractivity contribution < 1.29 is 8.42 Å². The van der Waals surface area contributed by atoms with E-state index in [1.165, 1.54) is 11.3 Å². The van der Waals surface area contributed by atoms with Gasteiger partial charge in [0.25, 0.3) is 10.0 Å². The van der Waals surface area contributed by atoms with Crippen molar-refractivity contribution in [2.75, 3.05) is 0 Å². The molecule has 0 aliphatic heterocycles. The Morgan fingerprint density at radius 2 is 2.06 bits per heavy atom. The van der Waals surface area contributed by atoms with Crippen LogP contribution in [0.3, 0.4) is 0 Å². The van der Waals surface area contributed by atoms with E-state index >= 15 is 0 Å². The minimum atomic E-state index is -3.46. The van der Waals surface area contributed by atoms with Crippen molar-refractivity contribution in [2.24, 2.45) is 0 Å². The van der Waals surface area contributed by atoms with Gasteiger partial charge in [-0.05, 0) is 38.1 Å². The maximum atomic E-state index is 12.1. The molecule has 2 aromatic heterocycles. The van der Waals surface area contributed by atoms with Crippen molar-refractivity contribution in [2.45, 2.75) is 24.1 Å². The number of rotatable bonds is 4. The van der Waals surface area contributed by atoms with Crippen LogP contribution in [0.4, 0.5) is 0 Å². The molecule has 0 amide bonds. The van der Waals surface area contributed by atoms with Crippen LogP contribution in [-0.4, -0.2) is 13.4 Å². The fraction of sp³-hybridized carbons (Fsp3) is 0.250. The normalized spacial score (nSPS) is 13.4. The van der Waals surface area contributed by atoms with Crippen LogP contribution in [0.1, 0.15) is 23.5 Å². The molecule has 0 aromatic carbocycles. The summed E-state index contributed by atoms with van der Waals surface area (Å²) in [6.07, 6.45) is 1.65. The summed E-state index contributed by atoms with van der Waals surface area (Å²) in [5.41, 5.74) is 0.703. The summed E-state index contributed by atoms with van der Waals surface area (Å²) in [7, 11) is -3.46. The van der Waals surface area contributed by atoms with Gasteiger partial charge in [-0.25, -0.2) is 13.1 Å². The molecule has 1 unspecified atom stereocenters. The van der Waals surface area contributed by atoms with Crippen molar-refractivity contribution in [3.63, 3.8) is 0 Å². The first-order valence-corrected chi connectivity index (χ1v) is 7.79. The standard InChI is InChI=1S/C12H14N2O2S2/c1-9-6-7-12(17-9)18(15,16)14-10(2)11-5-3-4-8-13-11/h3-8,10,14H,1-2H3. The summed E-state index contributed by atoms with van der Waals surface area (Å²) in [4.78, 5) is 5.11. The fourth-order valence-electron chi connectivity index (χ4n) is 1.54. The highest BCUT2D eigenvalue weighted by Gasteiger charge is 2.20. The number of hydrogen-bond acceptors (Lipinski definition) is 4. The van der Waals surface area contributed by atoms with E-state index in [1.54, 1.807) is 37.4 Å². The molecule has 0 aliphatic rings. The molecule has 0 saturated carbocycles. The summed E-state index contributed by atoms with van der Waals surface area (Å²) in [6.45, 7) is 3.66. The van der Waals surface area contributed by atoms with Crippen LogP contribution >= 0.6 is 11.3 Å². The molecule has 2 heterocycles. The zero-order valence-corrected chi connectivity index (χ0v) is 11.8. The average molecular weight is 282 g/mol. The van der Waals surface area contributed by atoms with Crippen LogP contribution < -0.4 is 4.72 Å². The van der Waals surface area contributed by atoms with E-state index in [4.69, 9.17) is 0 Å². The maximum absolute atomic E-state index is 12.1. The number of aromatic nitrogens is 1. The Hall–Kier alpha value is -1.24. The minimum Gasteiger partial charge on any atom is -0.260 e. The molecule has 2 aromatic rings. The summed E-state index contributed by atoms with van der Waals surface area (Å²) in [6, 6.07) is 8.50. The summed E-state index contributed by atoms with van der Waals surface area (Å²) >= 11 is 1.26. The van der Waals surface area contributed by atoms with Crippen LogP contribution in [0, 0.1) is 6.92 Å². The molecule has 0 radical (unpaired) electrons. The molecule has 0 spiro atoms. The second-order valence-corrected chi connectivity index (χ2v) is 7.19. The van der Waals surface area contributed by atoms with Crippen LogP contribution in [0.2, 0.25) is 0 Å². The van der Waals surface area contributed by atoms with E-state index in [2.05, 4.69) is 9.71 Å². The molecule has 1 N–H and O–H groups in total. The quantitative estimate of drug-likeness (QED) is 0.937. The first-order valence-electron chi connectivity index (χ1n) is 5.49. The molecule has 96 valence electrons. The number of sulfonamides is 1. The zero-order valence-electron chi connectivity index (χ0n) is 10.1. The topological polar surface area (TPSA) is 59.1 Å². The molecule has 0 aliphatic carbocycles. The third-order valence-corrected chi connectivity index (χ3v) is 5.48. The first kappa shape index (κ1) is 13.2. The molecule has 0 bridgehead atoms. The highest BCUT2D eigenvalue weighted by atomic mass is 32.2. The first-order chi connectivity index (χ1) is 8.49. The van der Waals surface area contributed by atoms with E-state index in [1.807, 2.05) is 13.0 Å². The van der Waals surface area contributed by atoms with Crippen molar-refractivity contribution in [3.8, 4) is 0 Å². The van der Waals surface area contributed by atoms with Crippen LogP contribution in [0.5, 0.6) is 0 Å². The van der Waals surface area contributed by atoms with Crippen molar-refractivity contribution >= 4 is 21.4 Å². The predicted octanol–water partition coefficient (Wildman–Crippen LogP) is 2.49. The number of nitrogens with zero attached hydrogens (tertiary/aromatic N) is 1. The SMILES string of the molecule is Cc1ccc(S(=O)(=O)NC(C)c2ccccn2)s1. The van der Waals surface area contributed by atoms with Gasteiger partial charge in [-0.2, -0.15) is 0 Å². The highest BCUT2D eigenvalue weighted by Crippen LogP contribution is 2.22. The van der Waals surface area contributed by atoms with Crippen LogP contribution in [0.25, 0.3) is 0 Å². The van der Waals surface area contributed by atoms with Gasteiger partial charge in [0.2, 0.25) is 0 Å². The Labute approximate surface area is 111 Å². The Morgan fingerprint density at radius 1 is 1.28 bits per heavy atom. The number of aryl methyl sites for hydroxylation is 1. The van der Waals surface area contributed by atoms with E-state index in [0.29, 0.717) is 9.90 Å². The largest absolute Gasteiger partial charge is 0.260 e. The Kier molecular flexibility index (Phi) is 3.79. The monoisotopic (exact) mass is 282 g/mol. The van der Waals surface area contributed by atoms with Gasteiger partial charge in [0.05, 0.1) is 11.7 Å². The van der Waals surface area contributed by atoms with E-state index in [0.717, 1.165) is 4.88 Å². The van der Waals surface area contributed by atoms with Gasteiger partial charge >= 0.3 is 0 Å². The lowest BCUT2D eigenvalue weighted by molar-refractivity contribution is 0.566. The number of thiophene rings is 1. The molecule has 4 nitrogen and oxygen atoms in total. The molecule has 0 fully saturated rings. The fourth-order valence-corrected chi connectivity index (χ4v) is 4.06. The molecular weight excluding hydrogens is 268 g/mol. The average Bonchev–Trinajstić information content (AvgIpc) is 2.77. The second kappa shape index (κ2) is 5.17. The Balaban J connectivity index is 2.19. The molecule has 6 heteroatoms. The lowest BCUT2D eigenvalue weighted by atomic mass is 10.2. The number of pyridine rings is 1. The van der Waals surface area contributed by atoms with Gasteiger partial charge in [0.15, 0.2) is 0 Å². The Morgan fingerprint density at radius 3 is 2.61 bits per heavy atom. The third-order valence-electron chi connectivity index (χ3n) is 2.44. The van der Waals surface area contributed by atoms with Gasteiger partial charge in [-0.15, -0.1) is 11.3 Å². The van der Waals surface area contributed by atoms with Gasteiger partial charge in [0.1, 0.15) is 4.21 Å². The smallest absolute Gasteiger partial charge is 0.250 e.